The van der Waals surface area contributed by atoms with Crippen LogP contribution in [0.15, 0.2) is 18.2 Å². The summed E-state index contributed by atoms with van der Waals surface area (Å²) in [5.41, 5.74) is 1.06. The highest BCUT2D eigenvalue weighted by Gasteiger charge is 2.35. The Kier molecular flexibility index (Phi) is 7.15. The third-order valence-corrected chi connectivity index (χ3v) is 5.54. The SMILES string of the molecule is COc1ccc(OC)c(CCNC(=O)[C@@H]2C[C@H](C)CC[C@H]2C(C)C)c1. The van der Waals surface area contributed by atoms with Gasteiger partial charge in [-0.25, -0.2) is 0 Å². The van der Waals surface area contributed by atoms with Crippen LogP contribution in [0.4, 0.5) is 0 Å². The highest BCUT2D eigenvalue weighted by molar-refractivity contribution is 5.79. The summed E-state index contributed by atoms with van der Waals surface area (Å²) < 4.78 is 10.7. The number of carbonyl (C=O) groups excluding carboxylic acids is 1. The quantitative estimate of drug-likeness (QED) is 0.809. The van der Waals surface area contributed by atoms with E-state index in [0.29, 0.717) is 24.3 Å². The number of methoxy groups -OCH3 is 2. The molecule has 1 N–H and O–H groups in total. The van der Waals surface area contributed by atoms with Crippen LogP contribution in [0.25, 0.3) is 0 Å². The molecule has 0 spiro atoms. The normalized spacial score (nSPS) is 23.4. The molecule has 1 fully saturated rings. The maximum absolute atomic E-state index is 12.8. The van der Waals surface area contributed by atoms with Gasteiger partial charge in [-0.05, 0) is 60.8 Å². The number of hydrogen-bond acceptors (Lipinski definition) is 3. The highest BCUT2D eigenvalue weighted by atomic mass is 16.5. The van der Waals surface area contributed by atoms with E-state index in [0.717, 1.165) is 29.9 Å². The Hall–Kier alpha value is -1.71. The Morgan fingerprint density at radius 2 is 2.00 bits per heavy atom. The van der Waals surface area contributed by atoms with Gasteiger partial charge in [0.2, 0.25) is 5.91 Å². The van der Waals surface area contributed by atoms with Gasteiger partial charge < -0.3 is 14.8 Å². The monoisotopic (exact) mass is 347 g/mol. The number of rotatable bonds is 7. The lowest BCUT2D eigenvalue weighted by Gasteiger charge is -2.36. The summed E-state index contributed by atoms with van der Waals surface area (Å²) in [5, 5.41) is 3.16. The molecule has 0 aromatic heterocycles. The first-order valence-electron chi connectivity index (χ1n) is 9.44. The molecule has 0 bridgehead atoms. The van der Waals surface area contributed by atoms with Crippen molar-refractivity contribution in [1.82, 2.24) is 5.32 Å². The van der Waals surface area contributed by atoms with Crippen LogP contribution in [0.2, 0.25) is 0 Å². The van der Waals surface area contributed by atoms with E-state index in [1.54, 1.807) is 14.2 Å². The molecule has 1 aromatic rings. The summed E-state index contributed by atoms with van der Waals surface area (Å²) in [6.07, 6.45) is 4.16. The lowest BCUT2D eigenvalue weighted by molar-refractivity contribution is -0.129. The van der Waals surface area contributed by atoms with Crippen molar-refractivity contribution < 1.29 is 14.3 Å². The van der Waals surface area contributed by atoms with Gasteiger partial charge in [0, 0.05) is 12.5 Å². The van der Waals surface area contributed by atoms with Gasteiger partial charge >= 0.3 is 0 Å². The number of hydrogen-bond donors (Lipinski definition) is 1. The van der Waals surface area contributed by atoms with Crippen LogP contribution in [0.5, 0.6) is 11.5 Å². The standard InChI is InChI=1S/C21H33NO3/c1-14(2)18-8-6-15(3)12-19(18)21(23)22-11-10-16-13-17(24-4)7-9-20(16)25-5/h7,9,13-15,18-19H,6,8,10-12H2,1-5H3,(H,22,23)/t15-,18+,19-/m1/s1. The molecule has 4 heteroatoms. The third-order valence-electron chi connectivity index (χ3n) is 5.54. The molecule has 0 radical (unpaired) electrons. The topological polar surface area (TPSA) is 47.6 Å². The summed E-state index contributed by atoms with van der Waals surface area (Å²) in [7, 11) is 3.32. The molecule has 1 aliphatic rings. The fourth-order valence-corrected chi connectivity index (χ4v) is 4.03. The van der Waals surface area contributed by atoms with E-state index in [-0.39, 0.29) is 11.8 Å². The minimum Gasteiger partial charge on any atom is -0.497 e. The number of nitrogens with one attached hydrogen (secondary N) is 1. The van der Waals surface area contributed by atoms with Gasteiger partial charge in [0.15, 0.2) is 0 Å². The molecule has 0 aliphatic heterocycles. The molecule has 2 rings (SSSR count). The molecule has 3 atom stereocenters. The van der Waals surface area contributed by atoms with E-state index in [1.165, 1.54) is 12.8 Å². The third kappa shape index (κ3) is 5.13. The van der Waals surface area contributed by atoms with E-state index in [4.69, 9.17) is 9.47 Å². The van der Waals surface area contributed by atoms with Crippen molar-refractivity contribution >= 4 is 5.91 Å². The molecule has 25 heavy (non-hydrogen) atoms. The fourth-order valence-electron chi connectivity index (χ4n) is 4.03. The van der Waals surface area contributed by atoms with Crippen molar-refractivity contribution in [3.8, 4) is 11.5 Å². The van der Waals surface area contributed by atoms with Crippen LogP contribution in [0.1, 0.15) is 45.6 Å². The zero-order valence-electron chi connectivity index (χ0n) is 16.3. The molecule has 1 amide bonds. The first-order valence-corrected chi connectivity index (χ1v) is 9.44. The van der Waals surface area contributed by atoms with E-state index in [9.17, 15) is 4.79 Å². The van der Waals surface area contributed by atoms with Crippen molar-refractivity contribution in [2.45, 2.75) is 46.5 Å². The van der Waals surface area contributed by atoms with Gasteiger partial charge in [-0.1, -0.05) is 27.2 Å². The number of amides is 1. The molecular formula is C21H33NO3. The Morgan fingerprint density at radius 3 is 2.64 bits per heavy atom. The summed E-state index contributed by atoms with van der Waals surface area (Å²) in [6.45, 7) is 7.36. The molecule has 0 unspecified atom stereocenters. The van der Waals surface area contributed by atoms with E-state index < -0.39 is 0 Å². The maximum atomic E-state index is 12.8. The summed E-state index contributed by atoms with van der Waals surface area (Å²) in [6, 6.07) is 5.77. The van der Waals surface area contributed by atoms with Crippen molar-refractivity contribution in [3.05, 3.63) is 23.8 Å². The second-order valence-electron chi connectivity index (χ2n) is 7.65. The predicted molar refractivity (Wildman–Crippen MR) is 101 cm³/mol. The van der Waals surface area contributed by atoms with Gasteiger partial charge in [0.05, 0.1) is 14.2 Å². The minimum atomic E-state index is 0.149. The van der Waals surface area contributed by atoms with Crippen molar-refractivity contribution in [2.24, 2.45) is 23.7 Å². The lowest BCUT2D eigenvalue weighted by atomic mass is 9.70. The molecule has 140 valence electrons. The first kappa shape index (κ1) is 19.6. The van der Waals surface area contributed by atoms with Crippen LogP contribution < -0.4 is 14.8 Å². The average molecular weight is 347 g/mol. The number of carbonyl (C=O) groups is 1. The summed E-state index contributed by atoms with van der Waals surface area (Å²) >= 11 is 0. The minimum absolute atomic E-state index is 0.149. The summed E-state index contributed by atoms with van der Waals surface area (Å²) in [4.78, 5) is 12.8. The van der Waals surface area contributed by atoms with Gasteiger partial charge in [0.1, 0.15) is 11.5 Å². The van der Waals surface area contributed by atoms with Crippen LogP contribution >= 0.6 is 0 Å². The largest absolute Gasteiger partial charge is 0.497 e. The Balaban J connectivity index is 1.95. The predicted octanol–water partition coefficient (Wildman–Crippen LogP) is 4.07. The molecule has 0 saturated heterocycles. The Morgan fingerprint density at radius 1 is 1.24 bits per heavy atom. The van der Waals surface area contributed by atoms with Gasteiger partial charge in [0.25, 0.3) is 0 Å². The van der Waals surface area contributed by atoms with E-state index >= 15 is 0 Å². The van der Waals surface area contributed by atoms with E-state index in [1.807, 2.05) is 18.2 Å². The second-order valence-corrected chi connectivity index (χ2v) is 7.65. The van der Waals surface area contributed by atoms with Crippen molar-refractivity contribution in [3.63, 3.8) is 0 Å². The number of benzene rings is 1. The molecule has 1 aromatic carbocycles. The van der Waals surface area contributed by atoms with E-state index in [2.05, 4.69) is 26.1 Å². The van der Waals surface area contributed by atoms with Crippen LogP contribution in [-0.4, -0.2) is 26.7 Å². The highest BCUT2D eigenvalue weighted by Crippen LogP contribution is 2.38. The van der Waals surface area contributed by atoms with Gasteiger partial charge in [-0.15, -0.1) is 0 Å². The maximum Gasteiger partial charge on any atom is 0.223 e. The Labute approximate surface area is 152 Å². The van der Waals surface area contributed by atoms with Gasteiger partial charge in [-0.2, -0.15) is 0 Å². The molecular weight excluding hydrogens is 314 g/mol. The smallest absolute Gasteiger partial charge is 0.223 e. The molecule has 1 saturated carbocycles. The Bertz CT molecular complexity index is 570. The van der Waals surface area contributed by atoms with Crippen molar-refractivity contribution in [2.75, 3.05) is 20.8 Å². The van der Waals surface area contributed by atoms with Crippen LogP contribution in [0, 0.1) is 23.7 Å². The number of ether oxygens (including phenoxy) is 2. The van der Waals surface area contributed by atoms with Crippen LogP contribution in [0.3, 0.4) is 0 Å². The zero-order valence-corrected chi connectivity index (χ0v) is 16.3. The second kappa shape index (κ2) is 9.12. The van der Waals surface area contributed by atoms with Gasteiger partial charge in [-0.3, -0.25) is 4.79 Å². The zero-order chi connectivity index (χ0) is 18.4. The fraction of sp³-hybridized carbons (Fsp3) is 0.667. The first-order chi connectivity index (χ1) is 12.0. The van der Waals surface area contributed by atoms with Crippen LogP contribution in [-0.2, 0) is 11.2 Å². The average Bonchev–Trinajstić information content (AvgIpc) is 2.61. The molecule has 4 nitrogen and oxygen atoms in total. The van der Waals surface area contributed by atoms with Crippen molar-refractivity contribution in [1.29, 1.82) is 0 Å². The molecule has 1 aliphatic carbocycles. The molecule has 0 heterocycles. The summed E-state index contributed by atoms with van der Waals surface area (Å²) in [5.74, 6) is 3.71. The lowest BCUT2D eigenvalue weighted by Crippen LogP contribution is -2.40.